The van der Waals surface area contributed by atoms with E-state index in [1.807, 2.05) is 0 Å². The molecule has 0 atom stereocenters. The van der Waals surface area contributed by atoms with Crippen LogP contribution in [0.1, 0.15) is 19.8 Å². The summed E-state index contributed by atoms with van der Waals surface area (Å²) in [7, 11) is 0. The highest BCUT2D eigenvalue weighted by Crippen LogP contribution is 2.09. The third-order valence-corrected chi connectivity index (χ3v) is 2.43. The molecule has 0 aromatic rings. The summed E-state index contributed by atoms with van der Waals surface area (Å²) in [6.45, 7) is 2.17. The summed E-state index contributed by atoms with van der Waals surface area (Å²) < 4.78 is 5.02. The zero-order valence-corrected chi connectivity index (χ0v) is 7.98. The van der Waals surface area contributed by atoms with Gasteiger partial charge in [-0.15, -0.1) is 22.4 Å². The van der Waals surface area contributed by atoms with Gasteiger partial charge in [0.05, 0.1) is 0 Å². The van der Waals surface area contributed by atoms with E-state index >= 15 is 0 Å². The van der Waals surface area contributed by atoms with Crippen LogP contribution in [-0.4, -0.2) is 4.77 Å². The van der Waals surface area contributed by atoms with E-state index in [1.54, 1.807) is 0 Å². The summed E-state index contributed by atoms with van der Waals surface area (Å²) in [5, 5.41) is 0. The van der Waals surface area contributed by atoms with Crippen LogP contribution in [0, 0.1) is 0 Å². The average Bonchev–Trinajstić information content (AvgIpc) is 1.83. The maximum atomic E-state index is 4.73. The lowest BCUT2D eigenvalue weighted by Crippen LogP contribution is -2.00. The molecular formula is C4H10BIOS. The Morgan fingerprint density at radius 3 is 2.75 bits per heavy atom. The van der Waals surface area contributed by atoms with Crippen LogP contribution in [0.2, 0.25) is 6.32 Å². The number of rotatable bonds is 4. The Hall–Kier alpha value is 1.10. The van der Waals surface area contributed by atoms with Crippen LogP contribution in [-0.2, 0) is 4.10 Å². The first-order valence-electron chi connectivity index (χ1n) is 2.75. The van der Waals surface area contributed by atoms with Crippen LogP contribution in [0.3, 0.4) is 0 Å². The molecule has 0 saturated carbocycles. The molecule has 0 amide bonds. The van der Waals surface area contributed by atoms with Crippen molar-refractivity contribution < 1.29 is 4.10 Å². The molecule has 0 aromatic carbocycles. The molecule has 0 radical (unpaired) electrons. The molecule has 8 heavy (non-hydrogen) atoms. The van der Waals surface area contributed by atoms with Crippen molar-refractivity contribution in [2.45, 2.75) is 26.1 Å². The summed E-state index contributed by atoms with van der Waals surface area (Å²) >= 11 is 5.91. The third-order valence-electron chi connectivity index (χ3n) is 0.899. The number of hydrogen-bond donors (Lipinski definition) is 1. The lowest BCUT2D eigenvalue weighted by Gasteiger charge is -1.97. The first kappa shape index (κ1) is 9.10. The van der Waals surface area contributed by atoms with E-state index in [1.165, 1.54) is 12.8 Å². The summed E-state index contributed by atoms with van der Waals surface area (Å²) in [5.74, 6) is 0. The van der Waals surface area contributed by atoms with Gasteiger partial charge < -0.3 is 4.10 Å². The zero-order valence-electron chi connectivity index (χ0n) is 4.93. The number of unbranched alkanes of at least 4 members (excludes halogenated alkanes) is 1. The molecule has 0 aliphatic rings. The van der Waals surface area contributed by atoms with Crippen LogP contribution in [0.15, 0.2) is 0 Å². The molecule has 0 N–H and O–H groups in total. The lowest BCUT2D eigenvalue weighted by atomic mass is 9.93. The minimum atomic E-state index is 0.288. The minimum Gasteiger partial charge on any atom is -0.364 e. The molecular weight excluding hydrogens is 234 g/mol. The summed E-state index contributed by atoms with van der Waals surface area (Å²) in [5.41, 5.74) is 0. The predicted molar refractivity (Wildman–Crippen MR) is 49.6 cm³/mol. The third kappa shape index (κ3) is 5.25. The van der Waals surface area contributed by atoms with E-state index in [2.05, 4.69) is 42.2 Å². The maximum Gasteiger partial charge on any atom is 0.379 e. The Balaban J connectivity index is 2.86. The van der Waals surface area contributed by atoms with Crippen LogP contribution < -0.4 is 0 Å². The van der Waals surface area contributed by atoms with E-state index in [-0.39, 0.29) is 4.77 Å². The number of thiol groups is 1. The standard InChI is InChI=1S/C4H10BIOS/c1-2-3-4-5(6)7-8/h8H,2-4H2,1H3. The quantitative estimate of drug-likeness (QED) is 0.346. The van der Waals surface area contributed by atoms with Crippen molar-refractivity contribution in [3.8, 4) is 0 Å². The van der Waals surface area contributed by atoms with Gasteiger partial charge in [-0.2, -0.15) is 0 Å². The van der Waals surface area contributed by atoms with Crippen molar-refractivity contribution in [1.29, 1.82) is 0 Å². The van der Waals surface area contributed by atoms with Gasteiger partial charge >= 0.3 is 4.77 Å². The predicted octanol–water partition coefficient (Wildman–Crippen LogP) is 2.57. The molecule has 48 valence electrons. The normalized spacial score (nSPS) is 9.38. The second-order valence-corrected chi connectivity index (χ2v) is 3.26. The molecule has 0 spiro atoms. The molecule has 4 heteroatoms. The summed E-state index contributed by atoms with van der Waals surface area (Å²) in [6, 6.07) is 0. The van der Waals surface area contributed by atoms with Gasteiger partial charge in [0.1, 0.15) is 0 Å². The largest absolute Gasteiger partial charge is 0.379 e. The highest BCUT2D eigenvalue weighted by molar-refractivity contribution is 14.1. The molecule has 0 aliphatic carbocycles. The van der Waals surface area contributed by atoms with Gasteiger partial charge in [-0.3, -0.25) is 0 Å². The molecule has 0 heterocycles. The molecule has 0 rings (SSSR count). The van der Waals surface area contributed by atoms with Crippen LogP contribution in [0.5, 0.6) is 0 Å². The highest BCUT2D eigenvalue weighted by Gasteiger charge is 2.06. The van der Waals surface area contributed by atoms with E-state index in [0.29, 0.717) is 0 Å². The van der Waals surface area contributed by atoms with Crippen LogP contribution >= 0.6 is 35.3 Å². The van der Waals surface area contributed by atoms with Crippen LogP contribution in [0.4, 0.5) is 0 Å². The second-order valence-electron chi connectivity index (χ2n) is 1.66. The minimum absolute atomic E-state index is 0.288. The van der Waals surface area contributed by atoms with Crippen molar-refractivity contribution in [3.63, 3.8) is 0 Å². The highest BCUT2D eigenvalue weighted by atomic mass is 127. The molecule has 0 fully saturated rings. The number of hydrogen-bond acceptors (Lipinski definition) is 2. The van der Waals surface area contributed by atoms with Crippen molar-refractivity contribution in [2.24, 2.45) is 0 Å². The van der Waals surface area contributed by atoms with Gasteiger partial charge in [0.15, 0.2) is 0 Å². The Morgan fingerprint density at radius 1 is 1.75 bits per heavy atom. The van der Waals surface area contributed by atoms with Gasteiger partial charge in [-0.25, -0.2) is 0 Å². The first-order valence-corrected chi connectivity index (χ1v) is 4.36. The summed E-state index contributed by atoms with van der Waals surface area (Å²) in [4.78, 5) is 0. The lowest BCUT2D eigenvalue weighted by molar-refractivity contribution is 0.691. The van der Waals surface area contributed by atoms with Crippen molar-refractivity contribution in [2.75, 3.05) is 0 Å². The smallest absolute Gasteiger partial charge is 0.364 e. The zero-order chi connectivity index (χ0) is 6.41. The Kier molecular flexibility index (Phi) is 7.09. The second kappa shape index (κ2) is 6.23. The van der Waals surface area contributed by atoms with E-state index in [9.17, 15) is 0 Å². The van der Waals surface area contributed by atoms with Gasteiger partial charge in [-0.05, 0) is 19.2 Å². The van der Waals surface area contributed by atoms with Crippen molar-refractivity contribution in [1.82, 2.24) is 0 Å². The first-order chi connectivity index (χ1) is 3.81. The number of halogens is 1. The van der Waals surface area contributed by atoms with Gasteiger partial charge in [0.25, 0.3) is 0 Å². The fraction of sp³-hybridized carbons (Fsp3) is 1.00. The van der Waals surface area contributed by atoms with E-state index in [0.717, 1.165) is 6.32 Å². The molecule has 1 nitrogen and oxygen atoms in total. The fourth-order valence-electron chi connectivity index (χ4n) is 0.417. The Labute approximate surface area is 70.2 Å². The van der Waals surface area contributed by atoms with Gasteiger partial charge in [-0.1, -0.05) is 19.8 Å². The molecule has 0 aromatic heterocycles. The van der Waals surface area contributed by atoms with E-state index < -0.39 is 0 Å². The maximum absolute atomic E-state index is 4.73. The van der Waals surface area contributed by atoms with Gasteiger partial charge in [0.2, 0.25) is 0 Å². The average molecular weight is 244 g/mol. The molecule has 0 saturated heterocycles. The van der Waals surface area contributed by atoms with Crippen molar-refractivity contribution >= 4 is 40.1 Å². The molecule has 0 aliphatic heterocycles. The van der Waals surface area contributed by atoms with Crippen LogP contribution in [0.25, 0.3) is 0 Å². The molecule has 0 unspecified atom stereocenters. The van der Waals surface area contributed by atoms with Gasteiger partial charge in [0, 0.05) is 0 Å². The summed E-state index contributed by atoms with van der Waals surface area (Å²) in [6.07, 6.45) is 3.57. The van der Waals surface area contributed by atoms with Crippen molar-refractivity contribution in [3.05, 3.63) is 0 Å². The monoisotopic (exact) mass is 244 g/mol. The molecule has 0 bridgehead atoms. The van der Waals surface area contributed by atoms with E-state index in [4.69, 9.17) is 4.10 Å². The topological polar surface area (TPSA) is 9.23 Å². The Morgan fingerprint density at radius 2 is 2.38 bits per heavy atom. The SMILES string of the molecule is CCCCB(I)OS. The fourth-order valence-corrected chi connectivity index (χ4v) is 0.963. The Bertz CT molecular complexity index is 55.3.